The van der Waals surface area contributed by atoms with Gasteiger partial charge in [-0.3, -0.25) is 4.79 Å². The number of benzene rings is 1. The second kappa shape index (κ2) is 7.86. The maximum Gasteiger partial charge on any atom is 0.263 e. The van der Waals surface area contributed by atoms with Crippen molar-refractivity contribution in [2.75, 3.05) is 13.1 Å². The first-order valence-electron chi connectivity index (χ1n) is 8.60. The molecule has 1 aliphatic heterocycles. The number of hydrogen-bond donors (Lipinski definition) is 0. The second-order valence-corrected chi connectivity index (χ2v) is 9.20. The van der Waals surface area contributed by atoms with Crippen molar-refractivity contribution in [3.8, 4) is 0 Å². The van der Waals surface area contributed by atoms with Gasteiger partial charge in [0.2, 0.25) is 0 Å². The molecule has 1 saturated heterocycles. The Balaban J connectivity index is 1.44. The van der Waals surface area contributed by atoms with Crippen LogP contribution in [0.25, 0.3) is 0 Å². The lowest BCUT2D eigenvalue weighted by Crippen LogP contribution is -2.38. The molecule has 2 aromatic heterocycles. The van der Waals surface area contributed by atoms with Crippen LogP contribution < -0.4 is 0 Å². The average Bonchev–Trinajstić information content (AvgIpc) is 3.31. The predicted molar refractivity (Wildman–Crippen MR) is 106 cm³/mol. The highest BCUT2D eigenvalue weighted by atomic mass is 35.5. The molecule has 0 N–H and O–H groups in total. The van der Waals surface area contributed by atoms with Gasteiger partial charge in [-0.15, -0.1) is 32.9 Å². The van der Waals surface area contributed by atoms with Crippen LogP contribution in [-0.2, 0) is 6.42 Å². The Morgan fingerprint density at radius 2 is 2.00 bits per heavy atom. The summed E-state index contributed by atoms with van der Waals surface area (Å²) < 4.78 is 0.650. The Morgan fingerprint density at radius 1 is 1.15 bits per heavy atom. The number of rotatable bonds is 4. The smallest absolute Gasteiger partial charge is 0.263 e. The minimum atomic E-state index is 0.0700. The standard InChI is InChI=1S/C19H18ClN3OS2/c20-16-9-8-15(25-16)19(24)23-10-4-7-14(12-23)18-22-21-17(26-18)11-13-5-2-1-3-6-13/h1-3,5-6,8-9,14H,4,7,10-12H2. The van der Waals surface area contributed by atoms with Crippen LogP contribution >= 0.6 is 34.3 Å². The lowest BCUT2D eigenvalue weighted by atomic mass is 9.98. The van der Waals surface area contributed by atoms with E-state index >= 15 is 0 Å². The van der Waals surface area contributed by atoms with Crippen LogP contribution in [0.1, 0.15) is 44.0 Å². The van der Waals surface area contributed by atoms with E-state index in [1.54, 1.807) is 17.4 Å². The normalized spacial score (nSPS) is 17.4. The molecule has 4 nitrogen and oxygen atoms in total. The molecule has 0 radical (unpaired) electrons. The van der Waals surface area contributed by atoms with Crippen LogP contribution in [0.5, 0.6) is 0 Å². The van der Waals surface area contributed by atoms with Gasteiger partial charge in [-0.25, -0.2) is 0 Å². The SMILES string of the molecule is O=C(c1ccc(Cl)s1)N1CCCC(c2nnc(Cc3ccccc3)s2)C1. The molecule has 7 heteroatoms. The first-order valence-corrected chi connectivity index (χ1v) is 10.6. The number of hydrogen-bond acceptors (Lipinski definition) is 5. The number of thiophene rings is 1. The molecule has 0 bridgehead atoms. The van der Waals surface area contributed by atoms with Crippen molar-refractivity contribution in [2.24, 2.45) is 0 Å². The molecule has 1 fully saturated rings. The number of carbonyl (C=O) groups excluding carboxylic acids is 1. The van der Waals surface area contributed by atoms with E-state index in [0.29, 0.717) is 15.8 Å². The molecule has 1 aromatic carbocycles. The van der Waals surface area contributed by atoms with Gasteiger partial charge in [0, 0.05) is 25.4 Å². The van der Waals surface area contributed by atoms with Crippen molar-refractivity contribution in [3.05, 3.63) is 67.3 Å². The van der Waals surface area contributed by atoms with Gasteiger partial charge in [-0.2, -0.15) is 0 Å². The van der Waals surface area contributed by atoms with Gasteiger partial charge in [-0.05, 0) is 30.5 Å². The van der Waals surface area contributed by atoms with E-state index < -0.39 is 0 Å². The summed E-state index contributed by atoms with van der Waals surface area (Å²) in [5.41, 5.74) is 1.24. The molecular formula is C19H18ClN3OS2. The number of halogens is 1. The van der Waals surface area contributed by atoms with E-state index in [1.807, 2.05) is 29.2 Å². The van der Waals surface area contributed by atoms with E-state index in [4.69, 9.17) is 11.6 Å². The highest BCUT2D eigenvalue weighted by Gasteiger charge is 2.28. The summed E-state index contributed by atoms with van der Waals surface area (Å²) in [5, 5.41) is 10.9. The first kappa shape index (κ1) is 17.6. The molecule has 3 heterocycles. The monoisotopic (exact) mass is 403 g/mol. The number of carbonyl (C=O) groups is 1. The van der Waals surface area contributed by atoms with Crippen LogP contribution in [0.3, 0.4) is 0 Å². The van der Waals surface area contributed by atoms with Crippen molar-refractivity contribution in [2.45, 2.75) is 25.2 Å². The molecule has 134 valence electrons. The second-order valence-electron chi connectivity index (χ2n) is 6.39. The predicted octanol–water partition coefficient (Wildman–Crippen LogP) is 4.86. The summed E-state index contributed by atoms with van der Waals surface area (Å²) in [7, 11) is 0. The Morgan fingerprint density at radius 3 is 2.77 bits per heavy atom. The molecule has 1 atom stereocenters. The highest BCUT2D eigenvalue weighted by Crippen LogP contribution is 2.31. The summed E-state index contributed by atoms with van der Waals surface area (Å²) in [6.45, 7) is 1.49. The van der Waals surface area contributed by atoms with Crippen LogP contribution in [0, 0.1) is 0 Å². The molecule has 4 rings (SSSR count). The maximum absolute atomic E-state index is 12.7. The molecular weight excluding hydrogens is 386 g/mol. The molecule has 26 heavy (non-hydrogen) atoms. The lowest BCUT2D eigenvalue weighted by molar-refractivity contribution is 0.0712. The third-order valence-electron chi connectivity index (χ3n) is 4.52. The Bertz CT molecular complexity index is 893. The Labute approximate surface area is 165 Å². The van der Waals surface area contributed by atoms with Crippen molar-refractivity contribution >= 4 is 40.2 Å². The molecule has 1 aliphatic rings. The molecule has 0 aliphatic carbocycles. The average molecular weight is 404 g/mol. The van der Waals surface area contributed by atoms with Gasteiger partial charge in [-0.1, -0.05) is 41.9 Å². The van der Waals surface area contributed by atoms with Crippen molar-refractivity contribution in [1.29, 1.82) is 0 Å². The minimum absolute atomic E-state index is 0.0700. The number of aromatic nitrogens is 2. The van der Waals surface area contributed by atoms with Crippen LogP contribution in [0.15, 0.2) is 42.5 Å². The van der Waals surface area contributed by atoms with Gasteiger partial charge in [0.05, 0.1) is 9.21 Å². The number of amides is 1. The molecule has 1 unspecified atom stereocenters. The Kier molecular flexibility index (Phi) is 5.33. The molecule has 3 aromatic rings. The number of likely N-dealkylation sites (tertiary alicyclic amines) is 1. The van der Waals surface area contributed by atoms with Crippen LogP contribution in [0.2, 0.25) is 4.34 Å². The summed E-state index contributed by atoms with van der Waals surface area (Å²) in [6, 6.07) is 13.9. The fourth-order valence-corrected chi connectivity index (χ4v) is 5.24. The van der Waals surface area contributed by atoms with E-state index in [0.717, 1.165) is 35.8 Å². The van der Waals surface area contributed by atoms with Crippen LogP contribution in [-0.4, -0.2) is 34.1 Å². The zero-order valence-corrected chi connectivity index (χ0v) is 16.5. The number of nitrogens with zero attached hydrogens (tertiary/aromatic N) is 3. The van der Waals surface area contributed by atoms with Crippen LogP contribution in [0.4, 0.5) is 0 Å². The molecule has 0 spiro atoms. The summed E-state index contributed by atoms with van der Waals surface area (Å²) in [6.07, 6.45) is 2.85. The van der Waals surface area contributed by atoms with E-state index in [-0.39, 0.29) is 11.8 Å². The van der Waals surface area contributed by atoms with E-state index in [1.165, 1.54) is 16.9 Å². The quantitative estimate of drug-likeness (QED) is 0.624. The van der Waals surface area contributed by atoms with E-state index in [2.05, 4.69) is 22.3 Å². The number of piperidine rings is 1. The maximum atomic E-state index is 12.7. The third-order valence-corrected chi connectivity index (χ3v) is 6.83. The fourth-order valence-electron chi connectivity index (χ4n) is 3.22. The topological polar surface area (TPSA) is 46.1 Å². The van der Waals surface area contributed by atoms with Crippen molar-refractivity contribution < 1.29 is 4.79 Å². The minimum Gasteiger partial charge on any atom is -0.337 e. The molecule has 1 amide bonds. The van der Waals surface area contributed by atoms with Gasteiger partial charge in [0.15, 0.2) is 0 Å². The Hall–Kier alpha value is -1.76. The van der Waals surface area contributed by atoms with Gasteiger partial charge in [0.25, 0.3) is 5.91 Å². The zero-order valence-electron chi connectivity index (χ0n) is 14.1. The summed E-state index contributed by atoms with van der Waals surface area (Å²) in [5.74, 6) is 0.339. The zero-order chi connectivity index (χ0) is 17.9. The first-order chi connectivity index (χ1) is 12.7. The molecule has 0 saturated carbocycles. The van der Waals surface area contributed by atoms with E-state index in [9.17, 15) is 4.79 Å². The highest BCUT2D eigenvalue weighted by molar-refractivity contribution is 7.18. The summed E-state index contributed by atoms with van der Waals surface area (Å²) >= 11 is 8.98. The lowest BCUT2D eigenvalue weighted by Gasteiger charge is -2.31. The fraction of sp³-hybridized carbons (Fsp3) is 0.316. The largest absolute Gasteiger partial charge is 0.337 e. The summed E-state index contributed by atoms with van der Waals surface area (Å²) in [4.78, 5) is 15.3. The van der Waals surface area contributed by atoms with Gasteiger partial charge >= 0.3 is 0 Å². The van der Waals surface area contributed by atoms with Crippen molar-refractivity contribution in [1.82, 2.24) is 15.1 Å². The van der Waals surface area contributed by atoms with Crippen molar-refractivity contribution in [3.63, 3.8) is 0 Å². The third kappa shape index (κ3) is 3.98. The van der Waals surface area contributed by atoms with Gasteiger partial charge in [0.1, 0.15) is 10.0 Å². The van der Waals surface area contributed by atoms with Gasteiger partial charge < -0.3 is 4.90 Å².